The van der Waals surface area contributed by atoms with Crippen LogP contribution in [0.25, 0.3) is 0 Å². The summed E-state index contributed by atoms with van der Waals surface area (Å²) in [4.78, 5) is 0. The fourth-order valence-electron chi connectivity index (χ4n) is 1.49. The number of aliphatic hydroxyl groups is 1. The first kappa shape index (κ1) is 13.0. The first-order valence-corrected chi connectivity index (χ1v) is 5.20. The molecule has 0 aromatic carbocycles. The second-order valence-electron chi connectivity index (χ2n) is 5.74. The topological polar surface area (TPSA) is 20.2 Å². The summed E-state index contributed by atoms with van der Waals surface area (Å²) in [5, 5.41) is 9.81. The van der Waals surface area contributed by atoms with Crippen LogP contribution in [0.4, 0.5) is 0 Å². The van der Waals surface area contributed by atoms with Gasteiger partial charge in [0.2, 0.25) is 0 Å². The van der Waals surface area contributed by atoms with Crippen LogP contribution in [0.15, 0.2) is 0 Å². The summed E-state index contributed by atoms with van der Waals surface area (Å²) in [5.41, 5.74) is 0.244. The minimum Gasteiger partial charge on any atom is -0.393 e. The summed E-state index contributed by atoms with van der Waals surface area (Å²) >= 11 is 0. The van der Waals surface area contributed by atoms with Crippen molar-refractivity contribution in [2.45, 2.75) is 60.0 Å². The molecule has 0 saturated heterocycles. The highest BCUT2D eigenvalue weighted by Crippen LogP contribution is 2.30. The van der Waals surface area contributed by atoms with Gasteiger partial charge in [-0.05, 0) is 30.6 Å². The summed E-state index contributed by atoms with van der Waals surface area (Å²) in [6.07, 6.45) is 2.57. The van der Waals surface area contributed by atoms with E-state index in [-0.39, 0.29) is 16.9 Å². The minimum atomic E-state index is -0.206. The highest BCUT2D eigenvalue weighted by molar-refractivity contribution is 4.79. The van der Waals surface area contributed by atoms with Crippen LogP contribution < -0.4 is 0 Å². The van der Waals surface area contributed by atoms with Gasteiger partial charge in [0.05, 0.1) is 6.10 Å². The predicted molar refractivity (Wildman–Crippen MR) is 58.5 cm³/mol. The van der Waals surface area contributed by atoms with Crippen LogP contribution in [0.2, 0.25) is 0 Å². The highest BCUT2D eigenvalue weighted by Gasteiger charge is 2.23. The average Bonchev–Trinajstić information content (AvgIpc) is 1.81. The van der Waals surface area contributed by atoms with Crippen LogP contribution >= 0.6 is 0 Å². The molecule has 0 aliphatic rings. The summed E-state index contributed by atoms with van der Waals surface area (Å²) in [6, 6.07) is 0. The van der Waals surface area contributed by atoms with Gasteiger partial charge in [-0.25, -0.2) is 0 Å². The van der Waals surface area contributed by atoms with Crippen molar-refractivity contribution in [3.63, 3.8) is 0 Å². The Hall–Kier alpha value is -0.0400. The minimum absolute atomic E-state index is 0.0107. The number of hydrogen-bond acceptors (Lipinski definition) is 1. The first-order valence-electron chi connectivity index (χ1n) is 5.20. The SMILES string of the molecule is [CH2]C(C)(C)CC(O)CC(C)(C)CC. The molecule has 0 saturated carbocycles. The standard InChI is InChI=1S/C12H25O/c1-7-12(5,6)9-10(13)8-11(2,3)4/h10,13H,2,7-9H2,1,3-6H3. The molecule has 0 aliphatic heterocycles. The van der Waals surface area contributed by atoms with E-state index in [4.69, 9.17) is 0 Å². The van der Waals surface area contributed by atoms with Gasteiger partial charge >= 0.3 is 0 Å². The van der Waals surface area contributed by atoms with Gasteiger partial charge in [0, 0.05) is 0 Å². The van der Waals surface area contributed by atoms with Gasteiger partial charge < -0.3 is 5.11 Å². The van der Waals surface area contributed by atoms with E-state index in [9.17, 15) is 5.11 Å². The Morgan fingerprint density at radius 1 is 1.15 bits per heavy atom. The summed E-state index contributed by atoms with van der Waals surface area (Å²) in [5.74, 6) is 0. The maximum atomic E-state index is 9.81. The van der Waals surface area contributed by atoms with Crippen molar-refractivity contribution in [2.24, 2.45) is 10.8 Å². The molecule has 0 aromatic heterocycles. The van der Waals surface area contributed by atoms with Crippen LogP contribution in [0, 0.1) is 17.8 Å². The van der Waals surface area contributed by atoms with Crippen molar-refractivity contribution in [3.05, 3.63) is 6.92 Å². The molecule has 0 bridgehead atoms. The average molecular weight is 185 g/mol. The molecule has 0 fully saturated rings. The lowest BCUT2D eigenvalue weighted by Gasteiger charge is -2.29. The van der Waals surface area contributed by atoms with E-state index in [0.29, 0.717) is 0 Å². The molecule has 1 unspecified atom stereocenters. The monoisotopic (exact) mass is 185 g/mol. The zero-order valence-electron chi connectivity index (χ0n) is 9.85. The Balaban J connectivity index is 3.94. The smallest absolute Gasteiger partial charge is 0.0550 e. The van der Waals surface area contributed by atoms with Crippen LogP contribution in [0.1, 0.15) is 53.9 Å². The Morgan fingerprint density at radius 3 is 1.92 bits per heavy atom. The van der Waals surface area contributed by atoms with E-state index in [1.807, 2.05) is 0 Å². The van der Waals surface area contributed by atoms with Crippen molar-refractivity contribution in [3.8, 4) is 0 Å². The molecule has 1 nitrogen and oxygen atoms in total. The molecule has 79 valence electrons. The molecular weight excluding hydrogens is 160 g/mol. The van der Waals surface area contributed by atoms with E-state index in [1.165, 1.54) is 0 Å². The largest absolute Gasteiger partial charge is 0.393 e. The molecule has 0 aromatic rings. The summed E-state index contributed by atoms with van der Waals surface area (Å²) in [6.45, 7) is 14.7. The van der Waals surface area contributed by atoms with E-state index in [0.717, 1.165) is 19.3 Å². The first-order chi connectivity index (χ1) is 5.66. The molecule has 1 atom stereocenters. The normalized spacial score (nSPS) is 15.9. The van der Waals surface area contributed by atoms with Gasteiger partial charge in [-0.15, -0.1) is 0 Å². The third kappa shape index (κ3) is 7.06. The molecule has 1 heteroatoms. The third-order valence-electron chi connectivity index (χ3n) is 2.53. The molecule has 0 amide bonds. The van der Waals surface area contributed by atoms with E-state index in [1.54, 1.807) is 0 Å². The molecular formula is C12H25O. The number of rotatable bonds is 5. The van der Waals surface area contributed by atoms with Crippen LogP contribution in [0.5, 0.6) is 0 Å². The molecule has 1 N–H and O–H groups in total. The van der Waals surface area contributed by atoms with Crippen LogP contribution in [0.3, 0.4) is 0 Å². The van der Waals surface area contributed by atoms with Gasteiger partial charge in [0.1, 0.15) is 0 Å². The van der Waals surface area contributed by atoms with Gasteiger partial charge in [-0.3, -0.25) is 0 Å². The van der Waals surface area contributed by atoms with Crippen LogP contribution in [-0.2, 0) is 0 Å². The van der Waals surface area contributed by atoms with Crippen molar-refractivity contribution < 1.29 is 5.11 Å². The van der Waals surface area contributed by atoms with E-state index >= 15 is 0 Å². The molecule has 0 heterocycles. The highest BCUT2D eigenvalue weighted by atomic mass is 16.3. The lowest BCUT2D eigenvalue weighted by Crippen LogP contribution is -2.24. The Kier molecular flexibility index (Phi) is 4.44. The predicted octanol–water partition coefficient (Wildman–Crippen LogP) is 3.42. The second kappa shape index (κ2) is 4.45. The van der Waals surface area contributed by atoms with E-state index in [2.05, 4.69) is 41.5 Å². The summed E-state index contributed by atoms with van der Waals surface area (Å²) in [7, 11) is 0. The van der Waals surface area contributed by atoms with E-state index < -0.39 is 0 Å². The number of hydrogen-bond donors (Lipinski definition) is 1. The quantitative estimate of drug-likeness (QED) is 0.696. The van der Waals surface area contributed by atoms with Crippen molar-refractivity contribution in [2.75, 3.05) is 0 Å². The zero-order chi connectivity index (χ0) is 10.7. The Morgan fingerprint density at radius 2 is 1.62 bits per heavy atom. The molecule has 13 heavy (non-hydrogen) atoms. The van der Waals surface area contributed by atoms with Crippen molar-refractivity contribution in [1.82, 2.24) is 0 Å². The van der Waals surface area contributed by atoms with Crippen LogP contribution in [-0.4, -0.2) is 11.2 Å². The fourth-order valence-corrected chi connectivity index (χ4v) is 1.49. The zero-order valence-corrected chi connectivity index (χ0v) is 9.85. The fraction of sp³-hybridized carbons (Fsp3) is 0.917. The molecule has 0 rings (SSSR count). The Labute approximate surface area is 83.5 Å². The van der Waals surface area contributed by atoms with Gasteiger partial charge in [-0.2, -0.15) is 0 Å². The molecule has 1 radical (unpaired) electrons. The summed E-state index contributed by atoms with van der Waals surface area (Å²) < 4.78 is 0. The van der Waals surface area contributed by atoms with Crippen molar-refractivity contribution >= 4 is 0 Å². The molecule has 0 aliphatic carbocycles. The third-order valence-corrected chi connectivity index (χ3v) is 2.53. The molecule has 0 spiro atoms. The maximum Gasteiger partial charge on any atom is 0.0550 e. The van der Waals surface area contributed by atoms with Gasteiger partial charge in [-0.1, -0.05) is 41.0 Å². The Bertz CT molecular complexity index is 142. The lowest BCUT2D eigenvalue weighted by atomic mass is 9.79. The number of aliphatic hydroxyl groups excluding tert-OH is 1. The second-order valence-corrected chi connectivity index (χ2v) is 5.74. The maximum absolute atomic E-state index is 9.81. The van der Waals surface area contributed by atoms with Gasteiger partial charge in [0.25, 0.3) is 0 Å². The van der Waals surface area contributed by atoms with Crippen molar-refractivity contribution in [1.29, 1.82) is 0 Å². The lowest BCUT2D eigenvalue weighted by molar-refractivity contribution is 0.0798. The van der Waals surface area contributed by atoms with Gasteiger partial charge in [0.15, 0.2) is 0 Å².